The van der Waals surface area contributed by atoms with Crippen molar-refractivity contribution in [1.29, 1.82) is 0 Å². The van der Waals surface area contributed by atoms with Crippen LogP contribution in [0.25, 0.3) is 0 Å². The third kappa shape index (κ3) is 10.1. The van der Waals surface area contributed by atoms with Gasteiger partial charge < -0.3 is 20.3 Å². The standard InChI is InChI=1S/C17H30NO5P/c1-3-4-5-6-13-22-16-9-7-15(8-10-16)11-12-17(2,18)14-23-24(19,20)21/h7-10H,3-6,11-14,18H2,1-2H3,(H2,19,20,21). The molecule has 1 atom stereocenters. The van der Waals surface area contributed by atoms with Gasteiger partial charge in [-0.1, -0.05) is 38.3 Å². The predicted octanol–water partition coefficient (Wildman–Crippen LogP) is 3.41. The Morgan fingerprint density at radius 2 is 1.83 bits per heavy atom. The van der Waals surface area contributed by atoms with Gasteiger partial charge in [0.25, 0.3) is 0 Å². The van der Waals surface area contributed by atoms with Gasteiger partial charge in [-0.25, -0.2) is 4.57 Å². The van der Waals surface area contributed by atoms with Crippen molar-refractivity contribution in [2.45, 2.75) is 57.9 Å². The Kier molecular flexibility index (Phi) is 8.95. The lowest BCUT2D eigenvalue weighted by Crippen LogP contribution is -2.41. The summed E-state index contributed by atoms with van der Waals surface area (Å²) < 4.78 is 20.9. The lowest BCUT2D eigenvalue weighted by Gasteiger charge is -2.24. The highest BCUT2D eigenvalue weighted by molar-refractivity contribution is 7.46. The number of ether oxygens (including phenoxy) is 1. The fraction of sp³-hybridized carbons (Fsp3) is 0.647. The van der Waals surface area contributed by atoms with E-state index in [1.165, 1.54) is 19.3 Å². The van der Waals surface area contributed by atoms with E-state index in [0.29, 0.717) is 12.8 Å². The minimum Gasteiger partial charge on any atom is -0.494 e. The Morgan fingerprint density at radius 1 is 1.17 bits per heavy atom. The molecule has 138 valence electrons. The molecule has 0 saturated carbocycles. The normalized spacial score (nSPS) is 14.4. The maximum Gasteiger partial charge on any atom is 0.469 e. The van der Waals surface area contributed by atoms with Gasteiger partial charge in [0.2, 0.25) is 0 Å². The van der Waals surface area contributed by atoms with Crippen molar-refractivity contribution < 1.29 is 23.6 Å². The van der Waals surface area contributed by atoms with Crippen molar-refractivity contribution in [2.24, 2.45) is 5.73 Å². The quantitative estimate of drug-likeness (QED) is 0.390. The molecular weight excluding hydrogens is 329 g/mol. The number of hydrogen-bond acceptors (Lipinski definition) is 4. The molecule has 0 spiro atoms. The highest BCUT2D eigenvalue weighted by Gasteiger charge is 2.24. The van der Waals surface area contributed by atoms with Crippen LogP contribution in [-0.4, -0.2) is 28.5 Å². The fourth-order valence-corrected chi connectivity index (χ4v) is 2.67. The average molecular weight is 359 g/mol. The molecule has 0 amide bonds. The van der Waals surface area contributed by atoms with Gasteiger partial charge in [0, 0.05) is 5.54 Å². The Labute approximate surface area is 144 Å². The second-order valence-electron chi connectivity index (χ2n) is 6.47. The number of phosphoric acid groups is 1. The van der Waals surface area contributed by atoms with Crippen molar-refractivity contribution >= 4 is 7.82 Å². The largest absolute Gasteiger partial charge is 0.494 e. The first-order chi connectivity index (χ1) is 11.2. The van der Waals surface area contributed by atoms with E-state index >= 15 is 0 Å². The molecule has 1 unspecified atom stereocenters. The van der Waals surface area contributed by atoms with Gasteiger partial charge in [-0.2, -0.15) is 0 Å². The second-order valence-corrected chi connectivity index (χ2v) is 7.71. The molecule has 0 aromatic heterocycles. The summed E-state index contributed by atoms with van der Waals surface area (Å²) in [6.45, 7) is 4.46. The lowest BCUT2D eigenvalue weighted by atomic mass is 9.95. The summed E-state index contributed by atoms with van der Waals surface area (Å²) in [5, 5.41) is 0. The highest BCUT2D eigenvalue weighted by atomic mass is 31.2. The van der Waals surface area contributed by atoms with Crippen LogP contribution in [0.4, 0.5) is 0 Å². The lowest BCUT2D eigenvalue weighted by molar-refractivity contribution is 0.154. The van der Waals surface area contributed by atoms with E-state index < -0.39 is 13.4 Å². The third-order valence-corrected chi connectivity index (χ3v) is 4.20. The summed E-state index contributed by atoms with van der Waals surface area (Å²) in [5.41, 5.74) is 6.32. The van der Waals surface area contributed by atoms with E-state index in [0.717, 1.165) is 24.3 Å². The first-order valence-electron chi connectivity index (χ1n) is 8.42. The summed E-state index contributed by atoms with van der Waals surface area (Å²) >= 11 is 0. The van der Waals surface area contributed by atoms with E-state index in [9.17, 15) is 4.57 Å². The molecule has 0 saturated heterocycles. The molecule has 0 aliphatic rings. The number of benzene rings is 1. The van der Waals surface area contributed by atoms with Gasteiger partial charge in [0.05, 0.1) is 13.2 Å². The fourth-order valence-electron chi connectivity index (χ4n) is 2.20. The van der Waals surface area contributed by atoms with Crippen molar-refractivity contribution in [2.75, 3.05) is 13.2 Å². The SMILES string of the molecule is CCCCCCOc1ccc(CCC(C)(N)COP(=O)(O)O)cc1. The highest BCUT2D eigenvalue weighted by Crippen LogP contribution is 2.36. The molecule has 0 aliphatic carbocycles. The van der Waals surface area contributed by atoms with Crippen molar-refractivity contribution in [3.63, 3.8) is 0 Å². The number of nitrogens with two attached hydrogens (primary N) is 1. The summed E-state index contributed by atoms with van der Waals surface area (Å²) in [6.07, 6.45) is 5.99. The van der Waals surface area contributed by atoms with Crippen molar-refractivity contribution in [3.05, 3.63) is 29.8 Å². The Bertz CT molecular complexity index is 512. The Hall–Kier alpha value is -0.910. The van der Waals surface area contributed by atoms with Crippen LogP contribution in [0, 0.1) is 0 Å². The first-order valence-corrected chi connectivity index (χ1v) is 9.95. The smallest absolute Gasteiger partial charge is 0.469 e. The van der Waals surface area contributed by atoms with Gasteiger partial charge in [-0.3, -0.25) is 4.52 Å². The molecule has 0 fully saturated rings. The van der Waals surface area contributed by atoms with Crippen molar-refractivity contribution in [1.82, 2.24) is 0 Å². The molecule has 24 heavy (non-hydrogen) atoms. The molecular formula is C17H30NO5P. The number of phosphoric ester groups is 1. The zero-order valence-electron chi connectivity index (χ0n) is 14.6. The van der Waals surface area contributed by atoms with Gasteiger partial charge in [0.15, 0.2) is 0 Å². The molecule has 0 bridgehead atoms. The van der Waals surface area contributed by atoms with E-state index in [1.807, 2.05) is 24.3 Å². The number of rotatable bonds is 12. The minimum absolute atomic E-state index is 0.184. The average Bonchev–Trinajstić information content (AvgIpc) is 2.52. The Balaban J connectivity index is 2.34. The number of hydrogen-bond donors (Lipinski definition) is 3. The van der Waals surface area contributed by atoms with E-state index in [4.69, 9.17) is 20.3 Å². The van der Waals surface area contributed by atoms with E-state index in [1.54, 1.807) is 6.92 Å². The molecule has 0 radical (unpaired) electrons. The second kappa shape index (κ2) is 10.2. The van der Waals surface area contributed by atoms with E-state index in [-0.39, 0.29) is 6.61 Å². The zero-order chi connectivity index (χ0) is 18.1. The Morgan fingerprint density at radius 3 is 2.42 bits per heavy atom. The van der Waals surface area contributed by atoms with Crippen LogP contribution in [0.5, 0.6) is 5.75 Å². The molecule has 4 N–H and O–H groups in total. The van der Waals surface area contributed by atoms with Crippen LogP contribution in [0.3, 0.4) is 0 Å². The molecule has 6 nitrogen and oxygen atoms in total. The van der Waals surface area contributed by atoms with Crippen LogP contribution in [0.1, 0.15) is 51.5 Å². The minimum atomic E-state index is -4.48. The summed E-state index contributed by atoms with van der Waals surface area (Å²) in [6, 6.07) is 7.85. The summed E-state index contributed by atoms with van der Waals surface area (Å²) in [4.78, 5) is 17.5. The van der Waals surface area contributed by atoms with Crippen molar-refractivity contribution in [3.8, 4) is 5.75 Å². The maximum atomic E-state index is 10.7. The molecule has 1 aromatic carbocycles. The van der Waals surface area contributed by atoms with Gasteiger partial charge in [0.1, 0.15) is 5.75 Å². The summed E-state index contributed by atoms with van der Waals surface area (Å²) in [7, 11) is -4.48. The van der Waals surface area contributed by atoms with Crippen LogP contribution in [-0.2, 0) is 15.5 Å². The summed E-state index contributed by atoms with van der Waals surface area (Å²) in [5.74, 6) is 0.857. The molecule has 1 aromatic rings. The first kappa shape index (κ1) is 21.1. The zero-order valence-corrected chi connectivity index (χ0v) is 15.5. The molecule has 1 rings (SSSR count). The van der Waals surface area contributed by atoms with Crippen LogP contribution in [0.15, 0.2) is 24.3 Å². The number of unbranched alkanes of at least 4 members (excludes halogenated alkanes) is 3. The van der Waals surface area contributed by atoms with Crippen LogP contribution >= 0.6 is 7.82 Å². The van der Waals surface area contributed by atoms with Crippen LogP contribution < -0.4 is 10.5 Å². The predicted molar refractivity (Wildman–Crippen MR) is 95.0 cm³/mol. The maximum absolute atomic E-state index is 10.7. The topological polar surface area (TPSA) is 102 Å². The van der Waals surface area contributed by atoms with E-state index in [2.05, 4.69) is 11.4 Å². The van der Waals surface area contributed by atoms with Crippen LogP contribution in [0.2, 0.25) is 0 Å². The molecule has 7 heteroatoms. The van der Waals surface area contributed by atoms with Gasteiger partial charge >= 0.3 is 7.82 Å². The molecule has 0 heterocycles. The molecule has 0 aliphatic heterocycles. The number of aryl methyl sites for hydroxylation is 1. The third-order valence-electron chi connectivity index (χ3n) is 3.74. The van der Waals surface area contributed by atoms with Gasteiger partial charge in [-0.15, -0.1) is 0 Å². The van der Waals surface area contributed by atoms with Gasteiger partial charge in [-0.05, 0) is 43.9 Å². The monoisotopic (exact) mass is 359 g/mol.